The molecule has 3 aromatic rings. The van der Waals surface area contributed by atoms with Crippen LogP contribution in [0.1, 0.15) is 59.3 Å². The van der Waals surface area contributed by atoms with Gasteiger partial charge in [0.05, 0.1) is 21.6 Å². The summed E-state index contributed by atoms with van der Waals surface area (Å²) >= 11 is 6.63. The Bertz CT molecular complexity index is 1340. The molecule has 3 heterocycles. The summed E-state index contributed by atoms with van der Waals surface area (Å²) in [7, 11) is 0. The molecule has 0 atom stereocenters. The molecule has 1 aliphatic heterocycles. The van der Waals surface area contributed by atoms with Crippen LogP contribution in [0.5, 0.6) is 6.01 Å². The van der Waals surface area contributed by atoms with E-state index in [2.05, 4.69) is 32.3 Å². The number of hydrogen-bond acceptors (Lipinski definition) is 6. The van der Waals surface area contributed by atoms with Gasteiger partial charge < -0.3 is 25.0 Å². The van der Waals surface area contributed by atoms with E-state index < -0.39 is 11.4 Å². The van der Waals surface area contributed by atoms with Gasteiger partial charge in [-0.15, -0.1) is 0 Å². The number of piperidine rings is 1. The highest BCUT2D eigenvalue weighted by atomic mass is 35.5. The lowest BCUT2D eigenvalue weighted by Crippen LogP contribution is -2.44. The van der Waals surface area contributed by atoms with E-state index in [9.17, 15) is 14.7 Å². The number of amides is 1. The number of aliphatic carboxylic acids is 1. The predicted molar refractivity (Wildman–Crippen MR) is 151 cm³/mol. The van der Waals surface area contributed by atoms with Crippen molar-refractivity contribution in [1.29, 1.82) is 0 Å². The number of ether oxygens (including phenoxy) is 1. The Kier molecular flexibility index (Phi) is 7.71. The average Bonchev–Trinajstić information content (AvgIpc) is 3.29. The van der Waals surface area contributed by atoms with E-state index in [1.807, 2.05) is 18.2 Å². The zero-order valence-corrected chi connectivity index (χ0v) is 23.4. The first kappa shape index (κ1) is 27.2. The average molecular weight is 554 g/mol. The van der Waals surface area contributed by atoms with E-state index in [1.165, 1.54) is 0 Å². The molecule has 3 N–H and O–H groups in total. The summed E-state index contributed by atoms with van der Waals surface area (Å²) in [6, 6.07) is 10.7. The summed E-state index contributed by atoms with van der Waals surface area (Å²) in [6.45, 7) is 6.96. The number of aromatic amines is 1. The molecule has 2 aromatic heterocycles. The first-order chi connectivity index (χ1) is 18.6. The minimum absolute atomic E-state index is 0.0165. The summed E-state index contributed by atoms with van der Waals surface area (Å²) in [5.74, 6) is -0.588. The number of rotatable bonds is 7. The lowest BCUT2D eigenvalue weighted by Gasteiger charge is -2.36. The van der Waals surface area contributed by atoms with E-state index in [0.717, 1.165) is 62.9 Å². The standard InChI is InChI=1S/C29H36ClN5O4/c1-17(36)31-20-12-14-35(15-13-20)21-8-4-18(5-9-21)25-23(30)16-24-26(33-25)34-28(32-24)39-22-10-6-19(7-11-22)29(2,3)27(37)38/h4-5,8-9,16,19-20,22H,6-7,10-15H2,1-3H3,(H,31,36)(H,37,38)(H,32,33,34). The molecule has 0 unspecified atom stereocenters. The molecule has 1 aromatic carbocycles. The quantitative estimate of drug-likeness (QED) is 0.356. The van der Waals surface area contributed by atoms with Crippen molar-refractivity contribution in [1.82, 2.24) is 20.3 Å². The number of carbonyl (C=O) groups is 2. The Morgan fingerprint density at radius 2 is 1.74 bits per heavy atom. The third kappa shape index (κ3) is 5.98. The lowest BCUT2D eigenvalue weighted by atomic mass is 9.70. The maximum atomic E-state index is 11.6. The third-order valence-corrected chi connectivity index (χ3v) is 8.63. The Balaban J connectivity index is 1.23. The van der Waals surface area contributed by atoms with Crippen molar-refractivity contribution in [2.24, 2.45) is 11.3 Å². The number of carboxylic acids is 1. The first-order valence-electron chi connectivity index (χ1n) is 13.7. The fraction of sp³-hybridized carbons (Fsp3) is 0.517. The van der Waals surface area contributed by atoms with Crippen LogP contribution in [0.15, 0.2) is 30.3 Å². The van der Waals surface area contributed by atoms with Crippen LogP contribution in [0.2, 0.25) is 5.02 Å². The molecular formula is C29H36ClN5O4. The topological polar surface area (TPSA) is 120 Å². The number of nitrogens with zero attached hydrogens (tertiary/aromatic N) is 3. The van der Waals surface area contributed by atoms with E-state index in [0.29, 0.717) is 27.9 Å². The highest BCUT2D eigenvalue weighted by molar-refractivity contribution is 6.33. The Morgan fingerprint density at radius 3 is 2.36 bits per heavy atom. The van der Waals surface area contributed by atoms with Crippen molar-refractivity contribution in [3.8, 4) is 17.3 Å². The molecule has 9 nitrogen and oxygen atoms in total. The second-order valence-electron chi connectivity index (χ2n) is 11.4. The van der Waals surface area contributed by atoms with Gasteiger partial charge in [0.2, 0.25) is 5.91 Å². The molecule has 10 heteroatoms. The van der Waals surface area contributed by atoms with Gasteiger partial charge in [0.1, 0.15) is 6.10 Å². The van der Waals surface area contributed by atoms with Gasteiger partial charge >= 0.3 is 5.97 Å². The second kappa shape index (κ2) is 11.0. The molecule has 1 amide bonds. The molecule has 1 aliphatic carbocycles. The van der Waals surface area contributed by atoms with Crippen molar-refractivity contribution < 1.29 is 19.4 Å². The molecule has 2 fully saturated rings. The fourth-order valence-electron chi connectivity index (χ4n) is 5.79. The first-order valence-corrected chi connectivity index (χ1v) is 14.1. The second-order valence-corrected chi connectivity index (χ2v) is 11.8. The summed E-state index contributed by atoms with van der Waals surface area (Å²) in [5, 5.41) is 13.1. The molecule has 2 aliphatic rings. The number of imidazole rings is 1. The highest BCUT2D eigenvalue weighted by Crippen LogP contribution is 2.39. The number of H-pyrrole nitrogens is 1. The van der Waals surface area contributed by atoms with Crippen molar-refractivity contribution in [3.05, 3.63) is 35.4 Å². The number of pyridine rings is 1. The SMILES string of the molecule is CC(=O)NC1CCN(c2ccc(-c3nc4nc(OC5CCC(C(C)(C)C(=O)O)CC5)[nH]c4cc3Cl)cc2)CC1. The van der Waals surface area contributed by atoms with Crippen LogP contribution in [0.4, 0.5) is 5.69 Å². The number of fused-ring (bicyclic) bond motifs is 1. The Morgan fingerprint density at radius 1 is 1.08 bits per heavy atom. The van der Waals surface area contributed by atoms with Crippen LogP contribution in [0.3, 0.4) is 0 Å². The highest BCUT2D eigenvalue weighted by Gasteiger charge is 2.39. The summed E-state index contributed by atoms with van der Waals surface area (Å²) in [5.41, 5.74) is 3.21. The van der Waals surface area contributed by atoms with Gasteiger partial charge in [-0.1, -0.05) is 23.7 Å². The molecule has 0 spiro atoms. The summed E-state index contributed by atoms with van der Waals surface area (Å²) < 4.78 is 6.13. The van der Waals surface area contributed by atoms with Crippen LogP contribution in [-0.2, 0) is 9.59 Å². The van der Waals surface area contributed by atoms with Gasteiger partial charge in [0, 0.05) is 37.3 Å². The summed E-state index contributed by atoms with van der Waals surface area (Å²) in [6.07, 6.45) is 5.03. The van der Waals surface area contributed by atoms with Crippen molar-refractivity contribution in [2.45, 2.75) is 71.4 Å². The Hall–Kier alpha value is -3.33. The maximum Gasteiger partial charge on any atom is 0.309 e. The molecular weight excluding hydrogens is 518 g/mol. The molecule has 1 saturated carbocycles. The van der Waals surface area contributed by atoms with Gasteiger partial charge in [-0.05, 0) is 76.5 Å². The minimum Gasteiger partial charge on any atom is -0.481 e. The number of benzene rings is 1. The zero-order chi connectivity index (χ0) is 27.7. The number of anilines is 1. The summed E-state index contributed by atoms with van der Waals surface area (Å²) in [4.78, 5) is 37.7. The molecule has 0 bridgehead atoms. The van der Waals surface area contributed by atoms with Crippen LogP contribution in [-0.4, -0.2) is 57.2 Å². The lowest BCUT2D eigenvalue weighted by molar-refractivity contribution is -0.151. The van der Waals surface area contributed by atoms with Crippen LogP contribution >= 0.6 is 11.6 Å². The van der Waals surface area contributed by atoms with Crippen LogP contribution in [0, 0.1) is 11.3 Å². The molecule has 39 heavy (non-hydrogen) atoms. The van der Waals surface area contributed by atoms with Gasteiger partial charge in [-0.3, -0.25) is 9.59 Å². The normalized spacial score (nSPS) is 20.7. The largest absolute Gasteiger partial charge is 0.481 e. The van der Waals surface area contributed by atoms with E-state index >= 15 is 0 Å². The van der Waals surface area contributed by atoms with E-state index in [1.54, 1.807) is 20.8 Å². The van der Waals surface area contributed by atoms with Gasteiger partial charge in [-0.25, -0.2) is 4.98 Å². The van der Waals surface area contributed by atoms with Crippen LogP contribution in [0.25, 0.3) is 22.4 Å². The predicted octanol–water partition coefficient (Wildman–Crippen LogP) is 5.43. The number of halogens is 1. The zero-order valence-electron chi connectivity index (χ0n) is 22.7. The van der Waals surface area contributed by atoms with Crippen molar-refractivity contribution in [2.75, 3.05) is 18.0 Å². The smallest absolute Gasteiger partial charge is 0.309 e. The van der Waals surface area contributed by atoms with Gasteiger partial charge in [-0.2, -0.15) is 4.98 Å². The molecule has 1 saturated heterocycles. The third-order valence-electron chi connectivity index (χ3n) is 8.34. The molecule has 208 valence electrons. The number of carboxylic acid groups (broad SMARTS) is 1. The number of aromatic nitrogens is 3. The van der Waals surface area contributed by atoms with Crippen LogP contribution < -0.4 is 15.0 Å². The number of hydrogen-bond donors (Lipinski definition) is 3. The van der Waals surface area contributed by atoms with E-state index in [4.69, 9.17) is 21.3 Å². The molecule has 5 rings (SSSR count). The monoisotopic (exact) mass is 553 g/mol. The minimum atomic E-state index is -0.749. The van der Waals surface area contributed by atoms with Crippen molar-refractivity contribution >= 4 is 40.3 Å². The van der Waals surface area contributed by atoms with E-state index in [-0.39, 0.29) is 24.0 Å². The number of nitrogens with one attached hydrogen (secondary N) is 2. The number of carbonyl (C=O) groups excluding carboxylic acids is 1. The van der Waals surface area contributed by atoms with Gasteiger partial charge in [0.15, 0.2) is 5.65 Å². The van der Waals surface area contributed by atoms with Gasteiger partial charge in [0.25, 0.3) is 6.01 Å². The maximum absolute atomic E-state index is 11.6. The molecule has 0 radical (unpaired) electrons. The Labute approximate surface area is 233 Å². The fourth-order valence-corrected chi connectivity index (χ4v) is 6.05. The van der Waals surface area contributed by atoms with Crippen molar-refractivity contribution in [3.63, 3.8) is 0 Å².